The van der Waals surface area contributed by atoms with E-state index in [1.807, 2.05) is 60.7 Å². The summed E-state index contributed by atoms with van der Waals surface area (Å²) in [5, 5.41) is 1.87. The maximum atomic E-state index is 12.7. The van der Waals surface area contributed by atoms with Gasteiger partial charge in [0.05, 0.1) is 5.56 Å². The van der Waals surface area contributed by atoms with Crippen LogP contribution in [0.2, 0.25) is 0 Å². The number of hydrogen-bond acceptors (Lipinski definition) is 1. The van der Waals surface area contributed by atoms with Crippen LogP contribution in [0.3, 0.4) is 0 Å². The summed E-state index contributed by atoms with van der Waals surface area (Å²) >= 11 is 0. The van der Waals surface area contributed by atoms with Crippen molar-refractivity contribution in [3.63, 3.8) is 0 Å². The monoisotopic (exact) mass is 346 g/mol. The third-order valence-corrected chi connectivity index (χ3v) is 5.15. The summed E-state index contributed by atoms with van der Waals surface area (Å²) in [7, 11) is 0. The molecule has 0 unspecified atom stereocenters. The third-order valence-electron chi connectivity index (χ3n) is 5.15. The zero-order valence-corrected chi connectivity index (χ0v) is 14.4. The molecule has 0 radical (unpaired) electrons. The summed E-state index contributed by atoms with van der Waals surface area (Å²) in [6.45, 7) is 0. The molecule has 3 heteroatoms. The lowest BCUT2D eigenvalue weighted by Gasteiger charge is -2.13. The number of carbonyl (C=O) groups excluding carboxylic acids is 1. The van der Waals surface area contributed by atoms with Gasteiger partial charge in [-0.25, -0.2) is 0 Å². The summed E-state index contributed by atoms with van der Waals surface area (Å²) in [4.78, 5) is 16.0. The van der Waals surface area contributed by atoms with E-state index in [4.69, 9.17) is 0 Å². The van der Waals surface area contributed by atoms with Crippen molar-refractivity contribution in [2.75, 3.05) is 0 Å². The highest BCUT2D eigenvalue weighted by molar-refractivity contribution is 6.57. The van der Waals surface area contributed by atoms with Crippen molar-refractivity contribution in [1.29, 1.82) is 0 Å². The minimum Gasteiger partial charge on any atom is -0.361 e. The molecule has 0 aliphatic heterocycles. The highest BCUT2D eigenvalue weighted by Gasteiger charge is 2.37. The number of nitrogens with zero attached hydrogens (tertiary/aromatic N) is 2. The van der Waals surface area contributed by atoms with Gasteiger partial charge in [0.1, 0.15) is 0 Å². The molecule has 0 saturated heterocycles. The van der Waals surface area contributed by atoms with Gasteiger partial charge in [-0.1, -0.05) is 72.8 Å². The Balaban J connectivity index is 1.98. The van der Waals surface area contributed by atoms with Crippen LogP contribution < -0.4 is 0 Å². The van der Waals surface area contributed by atoms with Crippen molar-refractivity contribution in [2.45, 2.75) is 0 Å². The van der Waals surface area contributed by atoms with Crippen molar-refractivity contribution >= 4 is 22.3 Å². The Hall–Kier alpha value is -3.81. The van der Waals surface area contributed by atoms with Gasteiger partial charge in [-0.3, -0.25) is 4.79 Å². The molecule has 4 aromatic rings. The van der Waals surface area contributed by atoms with Crippen molar-refractivity contribution in [1.82, 2.24) is 0 Å². The molecule has 0 aromatic heterocycles. The van der Waals surface area contributed by atoms with E-state index in [1.54, 1.807) is 0 Å². The van der Waals surface area contributed by atoms with E-state index >= 15 is 0 Å². The van der Waals surface area contributed by atoms with Crippen LogP contribution >= 0.6 is 0 Å². The Morgan fingerprint density at radius 2 is 1.00 bits per heavy atom. The molecule has 4 aromatic carbocycles. The fourth-order valence-electron chi connectivity index (χ4n) is 3.95. The van der Waals surface area contributed by atoms with E-state index in [0.717, 1.165) is 33.0 Å². The normalized spacial score (nSPS) is 12.4. The van der Waals surface area contributed by atoms with Crippen LogP contribution in [-0.2, 0) is 0 Å². The van der Waals surface area contributed by atoms with Crippen molar-refractivity contribution in [2.24, 2.45) is 0 Å². The lowest BCUT2D eigenvalue weighted by atomic mass is 9.89. The predicted molar refractivity (Wildman–Crippen MR) is 107 cm³/mol. The van der Waals surface area contributed by atoms with Crippen LogP contribution in [0.1, 0.15) is 15.9 Å². The molecular formula is C24H14N2O. The summed E-state index contributed by atoms with van der Waals surface area (Å²) < 4.78 is 0. The molecule has 0 atom stereocenters. The number of carbonyl (C=O) groups is 1. The molecule has 0 fully saturated rings. The van der Waals surface area contributed by atoms with Crippen molar-refractivity contribution in [3.8, 4) is 22.3 Å². The van der Waals surface area contributed by atoms with Gasteiger partial charge in [-0.15, -0.1) is 0 Å². The fourth-order valence-corrected chi connectivity index (χ4v) is 3.95. The van der Waals surface area contributed by atoms with E-state index in [2.05, 4.69) is 29.1 Å². The number of benzene rings is 4. The van der Waals surface area contributed by atoms with Crippen LogP contribution in [0.15, 0.2) is 84.9 Å². The maximum absolute atomic E-state index is 12.7. The minimum absolute atomic E-state index is 0.111. The molecule has 0 heterocycles. The molecule has 0 N–H and O–H groups in total. The fraction of sp³-hybridized carbons (Fsp3) is 0. The summed E-state index contributed by atoms with van der Waals surface area (Å²) in [6.07, 6.45) is 0. The van der Waals surface area contributed by atoms with Gasteiger partial charge in [0.15, 0.2) is 0 Å². The molecule has 0 saturated carbocycles. The van der Waals surface area contributed by atoms with Gasteiger partial charge in [-0.2, -0.15) is 4.79 Å². The highest BCUT2D eigenvalue weighted by atomic mass is 16.1. The average Bonchev–Trinajstić information content (AvgIpc) is 3.02. The van der Waals surface area contributed by atoms with E-state index < -0.39 is 0 Å². The van der Waals surface area contributed by atoms with E-state index in [1.165, 1.54) is 0 Å². The Bertz CT molecular complexity index is 1220. The first-order valence-corrected chi connectivity index (χ1v) is 8.77. The largest absolute Gasteiger partial charge is 0.370 e. The Kier molecular flexibility index (Phi) is 3.36. The second-order valence-electron chi connectivity index (χ2n) is 6.58. The van der Waals surface area contributed by atoms with Crippen molar-refractivity contribution in [3.05, 3.63) is 102 Å². The molecule has 27 heavy (non-hydrogen) atoms. The third kappa shape index (κ3) is 2.20. The molecule has 1 aliphatic rings. The molecular weight excluding hydrogens is 332 g/mol. The molecule has 3 nitrogen and oxygen atoms in total. The zero-order valence-electron chi connectivity index (χ0n) is 14.4. The Morgan fingerprint density at radius 3 is 1.52 bits per heavy atom. The highest BCUT2D eigenvalue weighted by Crippen LogP contribution is 2.42. The Morgan fingerprint density at radius 1 is 0.556 bits per heavy atom. The number of hydrogen-bond donors (Lipinski definition) is 0. The molecule has 1 aliphatic carbocycles. The molecule has 0 spiro atoms. The average molecular weight is 346 g/mol. The van der Waals surface area contributed by atoms with Crippen molar-refractivity contribution < 1.29 is 9.58 Å². The smallest absolute Gasteiger partial charge is 0.361 e. The summed E-state index contributed by atoms with van der Waals surface area (Å²) in [5.41, 5.74) is 15.1. The van der Waals surface area contributed by atoms with Gasteiger partial charge in [-0.05, 0) is 39.8 Å². The standard InChI is InChI=1S/C24H14N2O/c25-26-23-19-13-11-17(15-7-3-1-4-8-15)21-18(16-9-5-2-6-10-16)12-14-20(22(19)21)24(23)27/h1-14H. The SMILES string of the molecule is [N-]=[N+]=C1C(=O)c2ccc(-c3ccccc3)c3c(-c4ccccc4)ccc1c23. The minimum atomic E-state index is -0.234. The van der Waals surface area contributed by atoms with Crippen LogP contribution in [0.4, 0.5) is 0 Å². The summed E-state index contributed by atoms with van der Waals surface area (Å²) in [6, 6.07) is 28.0. The van der Waals surface area contributed by atoms with Gasteiger partial charge in [0, 0.05) is 10.9 Å². The number of rotatable bonds is 2. The van der Waals surface area contributed by atoms with Gasteiger partial charge >= 0.3 is 5.71 Å². The molecule has 0 bridgehead atoms. The van der Waals surface area contributed by atoms with Crippen LogP contribution in [-0.4, -0.2) is 16.3 Å². The van der Waals surface area contributed by atoms with Crippen LogP contribution in [0.5, 0.6) is 0 Å². The Labute approximate surface area is 156 Å². The topological polar surface area (TPSA) is 53.5 Å². The van der Waals surface area contributed by atoms with E-state index in [-0.39, 0.29) is 11.5 Å². The number of ketones is 1. The lowest BCUT2D eigenvalue weighted by molar-refractivity contribution is -0.00452. The second kappa shape index (κ2) is 5.87. The predicted octanol–water partition coefficient (Wildman–Crippen LogP) is 5.39. The van der Waals surface area contributed by atoms with Gasteiger partial charge < -0.3 is 5.53 Å². The van der Waals surface area contributed by atoms with E-state index in [9.17, 15) is 10.3 Å². The quantitative estimate of drug-likeness (QED) is 0.355. The first kappa shape index (κ1) is 15.4. The zero-order chi connectivity index (χ0) is 18.4. The van der Waals surface area contributed by atoms with Crippen LogP contribution in [0.25, 0.3) is 38.6 Å². The number of Topliss-reactive ketones (excluding diaryl/α,β-unsaturated/α-hetero) is 1. The first-order valence-electron chi connectivity index (χ1n) is 8.77. The second-order valence-corrected chi connectivity index (χ2v) is 6.58. The van der Waals surface area contributed by atoms with Gasteiger partial charge in [0.2, 0.25) is 0 Å². The first-order chi connectivity index (χ1) is 13.3. The van der Waals surface area contributed by atoms with E-state index in [0.29, 0.717) is 11.1 Å². The molecule has 0 amide bonds. The molecule has 5 rings (SSSR count). The summed E-state index contributed by atoms with van der Waals surface area (Å²) in [5.74, 6) is -0.234. The lowest BCUT2D eigenvalue weighted by Crippen LogP contribution is -2.09. The molecule has 126 valence electrons. The van der Waals surface area contributed by atoms with Gasteiger partial charge in [0.25, 0.3) is 5.78 Å². The van der Waals surface area contributed by atoms with Crippen LogP contribution in [0, 0.1) is 0 Å². The maximum Gasteiger partial charge on any atom is 0.370 e.